The van der Waals surface area contributed by atoms with Crippen LogP contribution in [0.3, 0.4) is 0 Å². The molecule has 2 amide bonds. The Morgan fingerprint density at radius 3 is 2.67 bits per heavy atom. The number of amides is 2. The van der Waals surface area contributed by atoms with Crippen molar-refractivity contribution in [1.29, 1.82) is 0 Å². The van der Waals surface area contributed by atoms with Gasteiger partial charge in [-0.25, -0.2) is 0 Å². The Bertz CT molecular complexity index is 890. The van der Waals surface area contributed by atoms with E-state index in [9.17, 15) is 13.8 Å². The molecule has 6 nitrogen and oxygen atoms in total. The predicted molar refractivity (Wildman–Crippen MR) is 111 cm³/mol. The van der Waals surface area contributed by atoms with Crippen LogP contribution < -0.4 is 10.6 Å². The summed E-state index contributed by atoms with van der Waals surface area (Å²) in [6.07, 6.45) is 4.17. The lowest BCUT2D eigenvalue weighted by Gasteiger charge is -2.15. The Morgan fingerprint density at radius 1 is 1.33 bits per heavy atom. The molecule has 3 rings (SSSR count). The van der Waals surface area contributed by atoms with Gasteiger partial charge < -0.3 is 10.6 Å². The lowest BCUT2D eigenvalue weighted by Crippen LogP contribution is -2.28. The fourth-order valence-corrected chi connectivity index (χ4v) is 4.84. The van der Waals surface area contributed by atoms with Crippen molar-refractivity contribution >= 4 is 48.9 Å². The molecule has 144 valence electrons. The number of halogens is 1. The number of rotatable bonds is 5. The van der Waals surface area contributed by atoms with Crippen LogP contribution in [0.15, 0.2) is 33.7 Å². The minimum atomic E-state index is -1.27. The molecule has 1 aromatic rings. The van der Waals surface area contributed by atoms with E-state index in [1.165, 1.54) is 0 Å². The molecule has 0 aromatic heterocycles. The first-order valence-corrected chi connectivity index (χ1v) is 10.8. The monoisotopic (exact) mass is 451 g/mol. The van der Waals surface area contributed by atoms with Crippen molar-refractivity contribution in [2.45, 2.75) is 49.3 Å². The Kier molecular flexibility index (Phi) is 5.95. The highest BCUT2D eigenvalue weighted by atomic mass is 79.9. The number of carbonyl (C=O) groups excluding carboxylic acids is 2. The van der Waals surface area contributed by atoms with Gasteiger partial charge in [0.2, 0.25) is 0 Å². The van der Waals surface area contributed by atoms with Gasteiger partial charge in [0.1, 0.15) is 4.62 Å². The number of nitrogens with zero attached hydrogens (tertiary/aromatic N) is 1. The van der Waals surface area contributed by atoms with E-state index in [-0.39, 0.29) is 23.1 Å². The van der Waals surface area contributed by atoms with E-state index in [2.05, 4.69) is 31.6 Å². The van der Waals surface area contributed by atoms with Crippen LogP contribution in [0.5, 0.6) is 0 Å². The molecule has 2 unspecified atom stereocenters. The van der Waals surface area contributed by atoms with Crippen LogP contribution in [0, 0.1) is 0 Å². The van der Waals surface area contributed by atoms with E-state index in [1.54, 1.807) is 26.1 Å². The molecule has 2 N–H and O–H groups in total. The molecule has 1 aliphatic heterocycles. The van der Waals surface area contributed by atoms with E-state index < -0.39 is 10.8 Å². The summed E-state index contributed by atoms with van der Waals surface area (Å²) in [5.74, 6) is -0.613. The molecule has 1 aromatic carbocycles. The maximum absolute atomic E-state index is 12.9. The summed E-state index contributed by atoms with van der Waals surface area (Å²) in [7, 11) is 0.345. The first-order valence-electron chi connectivity index (χ1n) is 8.81. The first kappa shape index (κ1) is 19.9. The smallest absolute Gasteiger partial charge is 0.254 e. The highest BCUT2D eigenvalue weighted by Crippen LogP contribution is 2.35. The summed E-state index contributed by atoms with van der Waals surface area (Å²) in [5.41, 5.74) is 2.06. The Morgan fingerprint density at radius 2 is 2.04 bits per heavy atom. The second kappa shape index (κ2) is 8.06. The van der Waals surface area contributed by atoms with Gasteiger partial charge in [-0.2, -0.15) is 0 Å². The minimum Gasteiger partial charge on any atom is -0.349 e. The SMILES string of the molecule is CN=C(Br)/C=C(\C)C(=O)Nc1ccc2c(c1C(=O)NC1CC1)S(=O)C(C)C2. The van der Waals surface area contributed by atoms with E-state index in [0.717, 1.165) is 18.4 Å². The zero-order valence-electron chi connectivity index (χ0n) is 15.5. The zero-order chi connectivity index (χ0) is 19.7. The van der Waals surface area contributed by atoms with Crippen molar-refractivity contribution in [3.63, 3.8) is 0 Å². The second-order valence-corrected chi connectivity index (χ2v) is 9.48. The number of carbonyl (C=O) groups is 2. The standard InChI is InChI=1S/C19H22BrN3O3S/c1-10(8-15(20)21-3)18(24)23-14-7-4-12-9-11(2)27(26)17(12)16(14)19(25)22-13-5-6-13/h4,7-8,11,13H,5-6,9H2,1-3H3,(H,22,25)(H,23,24)/b10-8+,21-15?. The van der Waals surface area contributed by atoms with Crippen molar-refractivity contribution in [2.24, 2.45) is 4.99 Å². The number of hydrogen-bond donors (Lipinski definition) is 2. The van der Waals surface area contributed by atoms with E-state index in [0.29, 0.717) is 32.8 Å². The van der Waals surface area contributed by atoms with Gasteiger partial charge in [0.25, 0.3) is 11.8 Å². The summed E-state index contributed by atoms with van der Waals surface area (Å²) in [6.45, 7) is 3.57. The van der Waals surface area contributed by atoms with Crippen molar-refractivity contribution in [3.05, 3.63) is 34.9 Å². The third-order valence-corrected chi connectivity index (χ3v) is 6.96. The summed E-state index contributed by atoms with van der Waals surface area (Å²) in [5, 5.41) is 5.71. The lowest BCUT2D eigenvalue weighted by molar-refractivity contribution is -0.112. The maximum Gasteiger partial charge on any atom is 0.254 e. The van der Waals surface area contributed by atoms with Crippen LogP contribution in [-0.2, 0) is 22.0 Å². The number of fused-ring (bicyclic) bond motifs is 1. The number of benzene rings is 1. The fraction of sp³-hybridized carbons (Fsp3) is 0.421. The topological polar surface area (TPSA) is 87.6 Å². The molecule has 1 heterocycles. The highest BCUT2D eigenvalue weighted by molar-refractivity contribution is 9.18. The normalized spacial score (nSPS) is 22.4. The number of hydrogen-bond acceptors (Lipinski definition) is 4. The Labute approximate surface area is 169 Å². The molecule has 0 saturated heterocycles. The van der Waals surface area contributed by atoms with Gasteiger partial charge in [0.05, 0.1) is 26.9 Å². The number of aliphatic imine (C=N–C) groups is 1. The van der Waals surface area contributed by atoms with Gasteiger partial charge in [-0.1, -0.05) is 13.0 Å². The molecule has 0 radical (unpaired) electrons. The molecule has 1 fully saturated rings. The highest BCUT2D eigenvalue weighted by Gasteiger charge is 2.34. The lowest BCUT2D eigenvalue weighted by atomic mass is 10.0. The van der Waals surface area contributed by atoms with Crippen LogP contribution in [0.4, 0.5) is 5.69 Å². The van der Waals surface area contributed by atoms with Crippen LogP contribution in [-0.4, -0.2) is 39.0 Å². The van der Waals surface area contributed by atoms with Gasteiger partial charge in [0.15, 0.2) is 0 Å². The summed E-state index contributed by atoms with van der Waals surface area (Å²) in [6, 6.07) is 3.75. The predicted octanol–water partition coefficient (Wildman–Crippen LogP) is 2.94. The molecule has 27 heavy (non-hydrogen) atoms. The number of nitrogens with one attached hydrogen (secondary N) is 2. The molecule has 2 aliphatic rings. The van der Waals surface area contributed by atoms with Gasteiger partial charge in [-0.05, 0) is 59.8 Å². The average molecular weight is 452 g/mol. The molecule has 1 aliphatic carbocycles. The Balaban J connectivity index is 1.97. The van der Waals surface area contributed by atoms with Crippen LogP contribution in [0.2, 0.25) is 0 Å². The number of anilines is 1. The fourth-order valence-electron chi connectivity index (χ4n) is 2.95. The third-order valence-electron chi connectivity index (χ3n) is 4.61. The van der Waals surface area contributed by atoms with Gasteiger partial charge in [-0.3, -0.25) is 18.8 Å². The van der Waals surface area contributed by atoms with Gasteiger partial charge in [-0.15, -0.1) is 0 Å². The first-order chi connectivity index (χ1) is 12.8. The molecule has 0 spiro atoms. The Hall–Kier alpha value is -1.80. The van der Waals surface area contributed by atoms with Crippen molar-refractivity contribution < 1.29 is 13.8 Å². The van der Waals surface area contributed by atoms with Gasteiger partial charge in [0, 0.05) is 23.9 Å². The number of allylic oxidation sites excluding steroid dienone is 1. The average Bonchev–Trinajstić information content (AvgIpc) is 3.40. The van der Waals surface area contributed by atoms with Crippen LogP contribution >= 0.6 is 15.9 Å². The van der Waals surface area contributed by atoms with Crippen molar-refractivity contribution in [2.75, 3.05) is 12.4 Å². The summed E-state index contributed by atoms with van der Waals surface area (Å²) in [4.78, 5) is 29.9. The second-order valence-electron chi connectivity index (χ2n) is 6.86. The minimum absolute atomic E-state index is 0.0446. The molecule has 1 saturated carbocycles. The molecule has 0 bridgehead atoms. The molecule has 8 heteroatoms. The van der Waals surface area contributed by atoms with Gasteiger partial charge >= 0.3 is 0 Å². The van der Waals surface area contributed by atoms with E-state index >= 15 is 0 Å². The summed E-state index contributed by atoms with van der Waals surface area (Å²) < 4.78 is 13.3. The van der Waals surface area contributed by atoms with E-state index in [1.807, 2.05) is 13.0 Å². The van der Waals surface area contributed by atoms with Crippen LogP contribution in [0.1, 0.15) is 42.6 Å². The zero-order valence-corrected chi connectivity index (χ0v) is 17.9. The summed E-state index contributed by atoms with van der Waals surface area (Å²) >= 11 is 3.25. The molecular formula is C19H22BrN3O3S. The third kappa shape index (κ3) is 4.38. The molecule has 2 atom stereocenters. The van der Waals surface area contributed by atoms with Crippen molar-refractivity contribution in [1.82, 2.24) is 5.32 Å². The maximum atomic E-state index is 12.9. The quantitative estimate of drug-likeness (QED) is 0.532. The molecular weight excluding hydrogens is 430 g/mol. The van der Waals surface area contributed by atoms with Crippen LogP contribution in [0.25, 0.3) is 0 Å². The van der Waals surface area contributed by atoms with E-state index in [4.69, 9.17) is 0 Å². The van der Waals surface area contributed by atoms with Crippen molar-refractivity contribution in [3.8, 4) is 0 Å². The largest absolute Gasteiger partial charge is 0.349 e.